The molecule has 0 aliphatic rings. The number of nitrogens with one attached hydrogen (secondary N) is 1. The van der Waals surface area contributed by atoms with Gasteiger partial charge in [0.25, 0.3) is 5.91 Å². The molecule has 0 fully saturated rings. The summed E-state index contributed by atoms with van der Waals surface area (Å²) in [6.45, 7) is 1.81. The van der Waals surface area contributed by atoms with Gasteiger partial charge >= 0.3 is 0 Å². The molecule has 2 rings (SSSR count). The lowest BCUT2D eigenvalue weighted by molar-refractivity contribution is 0.0935. The van der Waals surface area contributed by atoms with Crippen molar-refractivity contribution in [3.63, 3.8) is 0 Å². The predicted molar refractivity (Wildman–Crippen MR) is 89.5 cm³/mol. The van der Waals surface area contributed by atoms with Crippen molar-refractivity contribution in [1.82, 2.24) is 5.32 Å². The van der Waals surface area contributed by atoms with E-state index >= 15 is 0 Å². The van der Waals surface area contributed by atoms with Gasteiger partial charge in [0, 0.05) is 4.47 Å². The van der Waals surface area contributed by atoms with Crippen LogP contribution in [0.2, 0.25) is 0 Å². The molecule has 0 aromatic heterocycles. The molecule has 23 heavy (non-hydrogen) atoms. The Kier molecular flexibility index (Phi) is 5.60. The van der Waals surface area contributed by atoms with Crippen LogP contribution < -0.4 is 14.8 Å². The summed E-state index contributed by atoms with van der Waals surface area (Å²) in [5.74, 6) is 0.106. The average molecular weight is 382 g/mol. The molecule has 1 N–H and O–H groups in total. The predicted octanol–water partition coefficient (Wildman–Crippen LogP) is 4.10. The number of hydrogen-bond donors (Lipinski definition) is 1. The second kappa shape index (κ2) is 7.46. The Hall–Kier alpha value is -2.08. The molecule has 0 unspecified atom stereocenters. The average Bonchev–Trinajstić information content (AvgIpc) is 2.54. The number of ether oxygens (including phenoxy) is 2. The molecule has 0 bridgehead atoms. The smallest absolute Gasteiger partial charge is 0.254 e. The molecule has 0 saturated carbocycles. The van der Waals surface area contributed by atoms with Crippen LogP contribution in [0.15, 0.2) is 40.9 Å². The Bertz CT molecular complexity index is 721. The summed E-state index contributed by atoms with van der Waals surface area (Å²) in [6.07, 6.45) is 0. The third-order valence-electron chi connectivity index (χ3n) is 3.44. The van der Waals surface area contributed by atoms with Crippen molar-refractivity contribution in [2.24, 2.45) is 0 Å². The summed E-state index contributed by atoms with van der Waals surface area (Å²) < 4.78 is 24.9. The second-order valence-corrected chi connectivity index (χ2v) is 5.76. The maximum absolute atomic E-state index is 13.7. The van der Waals surface area contributed by atoms with Crippen LogP contribution in [0.25, 0.3) is 0 Å². The van der Waals surface area contributed by atoms with Crippen LogP contribution in [0.5, 0.6) is 11.5 Å². The quantitative estimate of drug-likeness (QED) is 0.847. The second-order valence-electron chi connectivity index (χ2n) is 4.90. The van der Waals surface area contributed by atoms with E-state index in [1.807, 2.05) is 6.92 Å². The number of amides is 1. The van der Waals surface area contributed by atoms with Gasteiger partial charge in [-0.1, -0.05) is 28.1 Å². The monoisotopic (exact) mass is 381 g/mol. The van der Waals surface area contributed by atoms with Crippen LogP contribution in [0.3, 0.4) is 0 Å². The first-order valence-electron chi connectivity index (χ1n) is 6.94. The molecule has 2 aromatic rings. The summed E-state index contributed by atoms with van der Waals surface area (Å²) >= 11 is 3.45. The van der Waals surface area contributed by atoms with Crippen molar-refractivity contribution in [3.8, 4) is 11.5 Å². The Morgan fingerprint density at radius 3 is 2.39 bits per heavy atom. The first kappa shape index (κ1) is 17.3. The standard InChI is InChI=1S/C17H17BrFNO3/c1-10(20-17(21)11-6-4-5-7-14(11)19)12-8-15(22-2)16(23-3)9-13(12)18/h4-10H,1-3H3,(H,20,21)/t10-/m1/s1. The molecule has 0 radical (unpaired) electrons. The molecule has 0 aliphatic carbocycles. The molecule has 122 valence electrons. The zero-order chi connectivity index (χ0) is 17.0. The number of carbonyl (C=O) groups is 1. The molecule has 0 saturated heterocycles. The fourth-order valence-corrected chi connectivity index (χ4v) is 2.86. The van der Waals surface area contributed by atoms with Crippen LogP contribution in [0, 0.1) is 5.82 Å². The number of methoxy groups -OCH3 is 2. The van der Waals surface area contributed by atoms with Gasteiger partial charge < -0.3 is 14.8 Å². The number of halogens is 2. The Morgan fingerprint density at radius 2 is 1.78 bits per heavy atom. The molecule has 0 aliphatic heterocycles. The fourth-order valence-electron chi connectivity index (χ4n) is 2.20. The summed E-state index contributed by atoms with van der Waals surface area (Å²) in [7, 11) is 3.09. The van der Waals surface area contributed by atoms with Crippen LogP contribution in [-0.2, 0) is 0 Å². The number of rotatable bonds is 5. The SMILES string of the molecule is COc1cc(Br)c([C@@H](C)NC(=O)c2ccccc2F)cc1OC. The van der Waals surface area contributed by atoms with Gasteiger partial charge in [-0.3, -0.25) is 4.79 Å². The van der Waals surface area contributed by atoms with Crippen LogP contribution in [0.1, 0.15) is 28.9 Å². The normalized spacial score (nSPS) is 11.7. The van der Waals surface area contributed by atoms with Gasteiger partial charge in [-0.05, 0) is 36.8 Å². The maximum Gasteiger partial charge on any atom is 0.254 e. The van der Waals surface area contributed by atoms with Gasteiger partial charge in [-0.25, -0.2) is 4.39 Å². The Morgan fingerprint density at radius 1 is 1.17 bits per heavy atom. The number of hydrogen-bond acceptors (Lipinski definition) is 3. The van der Waals surface area contributed by atoms with Crippen molar-refractivity contribution in [3.05, 3.63) is 57.8 Å². The maximum atomic E-state index is 13.7. The summed E-state index contributed by atoms with van der Waals surface area (Å²) in [5, 5.41) is 2.78. The molecule has 2 aromatic carbocycles. The topological polar surface area (TPSA) is 47.6 Å². The van der Waals surface area contributed by atoms with Crippen molar-refractivity contribution in [2.75, 3.05) is 14.2 Å². The number of carbonyl (C=O) groups excluding carboxylic acids is 1. The van der Waals surface area contributed by atoms with E-state index in [4.69, 9.17) is 9.47 Å². The lowest BCUT2D eigenvalue weighted by atomic mass is 10.1. The summed E-state index contributed by atoms with van der Waals surface area (Å²) in [5.41, 5.74) is 0.809. The van der Waals surface area contributed by atoms with Gasteiger partial charge in [-0.15, -0.1) is 0 Å². The van der Waals surface area contributed by atoms with E-state index < -0.39 is 11.7 Å². The Balaban J connectivity index is 2.25. The van der Waals surface area contributed by atoms with Crippen molar-refractivity contribution < 1.29 is 18.7 Å². The van der Waals surface area contributed by atoms with Gasteiger partial charge in [0.2, 0.25) is 0 Å². The Labute approximate surface area is 142 Å². The summed E-state index contributed by atoms with van der Waals surface area (Å²) in [6, 6.07) is 9.05. The van der Waals surface area contributed by atoms with E-state index in [-0.39, 0.29) is 11.6 Å². The summed E-state index contributed by atoms with van der Waals surface area (Å²) in [4.78, 5) is 12.2. The molecule has 1 atom stereocenters. The van der Waals surface area contributed by atoms with Crippen LogP contribution >= 0.6 is 15.9 Å². The zero-order valence-electron chi connectivity index (χ0n) is 13.0. The van der Waals surface area contributed by atoms with Gasteiger partial charge in [0.1, 0.15) is 5.82 Å². The highest BCUT2D eigenvalue weighted by atomic mass is 79.9. The minimum Gasteiger partial charge on any atom is -0.493 e. The van der Waals surface area contributed by atoms with E-state index in [0.717, 1.165) is 10.0 Å². The largest absolute Gasteiger partial charge is 0.493 e. The highest BCUT2D eigenvalue weighted by molar-refractivity contribution is 9.10. The van der Waals surface area contributed by atoms with Gasteiger partial charge in [-0.2, -0.15) is 0 Å². The van der Waals surface area contributed by atoms with E-state index in [1.54, 1.807) is 31.4 Å². The lowest BCUT2D eigenvalue weighted by Gasteiger charge is -2.18. The van der Waals surface area contributed by atoms with E-state index in [1.165, 1.54) is 19.2 Å². The minimum atomic E-state index is -0.552. The van der Waals surface area contributed by atoms with Crippen molar-refractivity contribution in [1.29, 1.82) is 0 Å². The van der Waals surface area contributed by atoms with Gasteiger partial charge in [0.15, 0.2) is 11.5 Å². The van der Waals surface area contributed by atoms with Crippen molar-refractivity contribution >= 4 is 21.8 Å². The first-order chi connectivity index (χ1) is 11.0. The third-order valence-corrected chi connectivity index (χ3v) is 4.12. The molecule has 4 nitrogen and oxygen atoms in total. The molecule has 6 heteroatoms. The fraction of sp³-hybridized carbons (Fsp3) is 0.235. The highest BCUT2D eigenvalue weighted by Crippen LogP contribution is 2.36. The first-order valence-corrected chi connectivity index (χ1v) is 7.74. The molecule has 1 amide bonds. The van der Waals surface area contributed by atoms with Gasteiger partial charge in [0.05, 0.1) is 25.8 Å². The molecule has 0 spiro atoms. The third kappa shape index (κ3) is 3.82. The van der Waals surface area contributed by atoms with Crippen molar-refractivity contribution in [2.45, 2.75) is 13.0 Å². The number of benzene rings is 2. The van der Waals surface area contributed by atoms with E-state index in [0.29, 0.717) is 11.5 Å². The highest BCUT2D eigenvalue weighted by Gasteiger charge is 2.18. The minimum absolute atomic E-state index is 0.0101. The van der Waals surface area contributed by atoms with E-state index in [2.05, 4.69) is 21.2 Å². The zero-order valence-corrected chi connectivity index (χ0v) is 14.6. The van der Waals surface area contributed by atoms with Crippen LogP contribution in [-0.4, -0.2) is 20.1 Å². The van der Waals surface area contributed by atoms with E-state index in [9.17, 15) is 9.18 Å². The molecule has 0 heterocycles. The van der Waals surface area contributed by atoms with Crippen LogP contribution in [0.4, 0.5) is 4.39 Å². The molecular formula is C17H17BrFNO3. The lowest BCUT2D eigenvalue weighted by Crippen LogP contribution is -2.27. The molecular weight excluding hydrogens is 365 g/mol.